The number of anilines is 1. The topological polar surface area (TPSA) is 64.9 Å². The first-order valence-electron chi connectivity index (χ1n) is 6.59. The number of nitrogens with one attached hydrogen (secondary N) is 1. The molecule has 0 aliphatic carbocycles. The van der Waals surface area contributed by atoms with Crippen molar-refractivity contribution in [2.75, 3.05) is 19.5 Å². The summed E-state index contributed by atoms with van der Waals surface area (Å²) < 4.78 is 12.3. The monoisotopic (exact) mass is 317 g/mol. The molecule has 7 heteroatoms. The van der Waals surface area contributed by atoms with Crippen molar-refractivity contribution in [2.45, 2.75) is 6.92 Å². The maximum atomic E-state index is 12.4. The second-order valence-electron chi connectivity index (χ2n) is 4.68. The molecule has 0 bridgehead atoms. The number of methoxy groups -OCH3 is 2. The van der Waals surface area contributed by atoms with Crippen molar-refractivity contribution in [3.63, 3.8) is 0 Å². The van der Waals surface area contributed by atoms with Gasteiger partial charge in [-0.3, -0.25) is 9.20 Å². The van der Waals surface area contributed by atoms with Crippen molar-refractivity contribution >= 4 is 27.9 Å². The molecule has 0 spiro atoms. The lowest BCUT2D eigenvalue weighted by Gasteiger charge is -2.10. The molecule has 0 saturated heterocycles. The summed E-state index contributed by atoms with van der Waals surface area (Å²) in [5, 5.41) is 2.80. The number of carbonyl (C=O) groups is 1. The summed E-state index contributed by atoms with van der Waals surface area (Å²) in [4.78, 5) is 18.6. The molecular formula is C15H15N3O3S. The van der Waals surface area contributed by atoms with Crippen molar-refractivity contribution < 1.29 is 14.3 Å². The molecule has 3 aromatic rings. The molecule has 1 aromatic carbocycles. The number of thiazole rings is 1. The summed E-state index contributed by atoms with van der Waals surface area (Å²) in [5.74, 6) is 0.906. The quantitative estimate of drug-likeness (QED) is 0.803. The van der Waals surface area contributed by atoms with Gasteiger partial charge in [0.15, 0.2) is 4.96 Å². The highest BCUT2D eigenvalue weighted by Crippen LogP contribution is 2.29. The molecule has 6 nitrogen and oxygen atoms in total. The van der Waals surface area contributed by atoms with Crippen LogP contribution in [0.15, 0.2) is 30.6 Å². The second-order valence-corrected chi connectivity index (χ2v) is 5.89. The third kappa shape index (κ3) is 2.62. The van der Waals surface area contributed by atoms with Crippen LogP contribution >= 0.6 is 11.3 Å². The van der Waals surface area contributed by atoms with E-state index in [4.69, 9.17) is 9.47 Å². The molecule has 22 heavy (non-hydrogen) atoms. The third-order valence-corrected chi connectivity index (χ3v) is 4.07. The highest BCUT2D eigenvalue weighted by molar-refractivity contribution is 7.17. The van der Waals surface area contributed by atoms with Gasteiger partial charge in [0.25, 0.3) is 5.91 Å². The molecule has 114 valence electrons. The molecule has 0 radical (unpaired) electrons. The zero-order valence-corrected chi connectivity index (χ0v) is 13.2. The van der Waals surface area contributed by atoms with E-state index in [9.17, 15) is 4.79 Å². The van der Waals surface area contributed by atoms with Gasteiger partial charge in [0, 0.05) is 23.3 Å². The predicted octanol–water partition coefficient (Wildman–Crippen LogP) is 2.97. The first-order valence-corrected chi connectivity index (χ1v) is 7.41. The van der Waals surface area contributed by atoms with E-state index in [0.717, 1.165) is 9.84 Å². The van der Waals surface area contributed by atoms with Gasteiger partial charge in [-0.1, -0.05) is 0 Å². The van der Waals surface area contributed by atoms with Crippen molar-refractivity contribution in [3.05, 3.63) is 41.2 Å². The van der Waals surface area contributed by atoms with Gasteiger partial charge >= 0.3 is 0 Å². The van der Waals surface area contributed by atoms with Crippen molar-refractivity contribution in [1.82, 2.24) is 9.38 Å². The average Bonchev–Trinajstić information content (AvgIpc) is 3.04. The second kappa shape index (κ2) is 5.69. The predicted molar refractivity (Wildman–Crippen MR) is 85.3 cm³/mol. The summed E-state index contributed by atoms with van der Waals surface area (Å²) in [6.07, 6.45) is 3.65. The molecule has 1 N–H and O–H groups in total. The van der Waals surface area contributed by atoms with Gasteiger partial charge < -0.3 is 14.8 Å². The number of aryl methyl sites for hydroxylation is 1. The Kier molecular flexibility index (Phi) is 3.72. The lowest BCUT2D eigenvalue weighted by atomic mass is 10.2. The molecule has 2 heterocycles. The van der Waals surface area contributed by atoms with E-state index >= 15 is 0 Å². The minimum atomic E-state index is -0.292. The molecule has 0 unspecified atom stereocenters. The Morgan fingerprint density at radius 2 is 2.09 bits per heavy atom. The number of rotatable bonds is 4. The van der Waals surface area contributed by atoms with E-state index in [1.165, 1.54) is 11.3 Å². The van der Waals surface area contributed by atoms with Crippen LogP contribution in [0.4, 0.5) is 5.69 Å². The lowest BCUT2D eigenvalue weighted by Crippen LogP contribution is -2.13. The fourth-order valence-electron chi connectivity index (χ4n) is 2.12. The van der Waals surface area contributed by atoms with Crippen LogP contribution in [0.1, 0.15) is 15.4 Å². The average molecular weight is 317 g/mol. The molecule has 0 aliphatic heterocycles. The van der Waals surface area contributed by atoms with Crippen LogP contribution in [0.25, 0.3) is 4.96 Å². The minimum absolute atomic E-state index is 0.292. The third-order valence-electron chi connectivity index (χ3n) is 3.16. The van der Waals surface area contributed by atoms with Gasteiger partial charge in [-0.15, -0.1) is 11.3 Å². The van der Waals surface area contributed by atoms with E-state index in [0.29, 0.717) is 22.9 Å². The van der Waals surface area contributed by atoms with E-state index in [1.807, 2.05) is 17.5 Å². The zero-order chi connectivity index (χ0) is 15.7. The normalized spacial score (nSPS) is 10.7. The summed E-state index contributed by atoms with van der Waals surface area (Å²) in [6.45, 7) is 2.00. The standard InChI is InChI=1S/C15H15N3O3S/c1-9-7-18-8-12(17-15(18)22-9)14(19)16-11-6-10(20-2)4-5-13(11)21-3/h4-8H,1-3H3,(H,16,19). The summed E-state index contributed by atoms with van der Waals surface area (Å²) in [5.41, 5.74) is 0.899. The number of imidazole rings is 1. The van der Waals surface area contributed by atoms with Crippen LogP contribution < -0.4 is 14.8 Å². The Morgan fingerprint density at radius 1 is 1.27 bits per heavy atom. The number of hydrogen-bond donors (Lipinski definition) is 1. The van der Waals surface area contributed by atoms with Gasteiger partial charge in [-0.2, -0.15) is 0 Å². The Balaban J connectivity index is 1.88. The van der Waals surface area contributed by atoms with Gasteiger partial charge in [-0.05, 0) is 19.1 Å². The van der Waals surface area contributed by atoms with Gasteiger partial charge in [0.2, 0.25) is 0 Å². The molecular weight excluding hydrogens is 302 g/mol. The van der Waals surface area contributed by atoms with Crippen molar-refractivity contribution in [1.29, 1.82) is 0 Å². The molecule has 0 atom stereocenters. The van der Waals surface area contributed by atoms with Gasteiger partial charge in [0.1, 0.15) is 17.2 Å². The number of carbonyl (C=O) groups excluding carboxylic acids is 1. The number of hydrogen-bond acceptors (Lipinski definition) is 5. The largest absolute Gasteiger partial charge is 0.497 e. The molecule has 1 amide bonds. The van der Waals surface area contributed by atoms with Gasteiger partial charge in [-0.25, -0.2) is 4.98 Å². The molecule has 0 fully saturated rings. The maximum absolute atomic E-state index is 12.4. The molecule has 0 aliphatic rings. The van der Waals surface area contributed by atoms with Crippen molar-refractivity contribution in [3.8, 4) is 11.5 Å². The Bertz CT molecular complexity index is 806. The van der Waals surface area contributed by atoms with Crippen LogP contribution in [-0.4, -0.2) is 29.5 Å². The van der Waals surface area contributed by atoms with Crippen LogP contribution in [0.2, 0.25) is 0 Å². The minimum Gasteiger partial charge on any atom is -0.497 e. The van der Waals surface area contributed by atoms with Crippen LogP contribution in [-0.2, 0) is 0 Å². The highest BCUT2D eigenvalue weighted by atomic mass is 32.1. The number of amides is 1. The van der Waals surface area contributed by atoms with E-state index in [-0.39, 0.29) is 5.91 Å². The number of ether oxygens (including phenoxy) is 2. The van der Waals surface area contributed by atoms with E-state index in [2.05, 4.69) is 10.3 Å². The van der Waals surface area contributed by atoms with Crippen LogP contribution in [0, 0.1) is 6.92 Å². The van der Waals surface area contributed by atoms with Crippen LogP contribution in [0.5, 0.6) is 11.5 Å². The maximum Gasteiger partial charge on any atom is 0.276 e. The number of benzene rings is 1. The fourth-order valence-corrected chi connectivity index (χ4v) is 2.93. The Hall–Kier alpha value is -2.54. The fraction of sp³-hybridized carbons (Fsp3) is 0.200. The summed E-state index contributed by atoms with van der Waals surface area (Å²) >= 11 is 1.54. The SMILES string of the molecule is COc1ccc(OC)c(NC(=O)c2cn3cc(C)sc3n2)c1. The number of nitrogens with zero attached hydrogens (tertiary/aromatic N) is 2. The number of aromatic nitrogens is 2. The van der Waals surface area contributed by atoms with Gasteiger partial charge in [0.05, 0.1) is 19.9 Å². The zero-order valence-electron chi connectivity index (χ0n) is 12.4. The van der Waals surface area contributed by atoms with E-state index < -0.39 is 0 Å². The Morgan fingerprint density at radius 3 is 2.77 bits per heavy atom. The highest BCUT2D eigenvalue weighted by Gasteiger charge is 2.15. The summed E-state index contributed by atoms with van der Waals surface area (Å²) in [7, 11) is 3.12. The lowest BCUT2D eigenvalue weighted by molar-refractivity contribution is 0.102. The summed E-state index contributed by atoms with van der Waals surface area (Å²) in [6, 6.07) is 5.21. The van der Waals surface area contributed by atoms with E-state index in [1.54, 1.807) is 38.6 Å². The first-order chi connectivity index (χ1) is 10.6. The first kappa shape index (κ1) is 14.4. The number of fused-ring (bicyclic) bond motifs is 1. The van der Waals surface area contributed by atoms with Crippen molar-refractivity contribution in [2.24, 2.45) is 0 Å². The molecule has 0 saturated carbocycles. The molecule has 3 rings (SSSR count). The Labute approximate surface area is 131 Å². The smallest absolute Gasteiger partial charge is 0.276 e. The van der Waals surface area contributed by atoms with Crippen LogP contribution in [0.3, 0.4) is 0 Å². The molecule has 2 aromatic heterocycles.